The molecule has 1 unspecified atom stereocenters. The molecule has 3 aromatic rings. The summed E-state index contributed by atoms with van der Waals surface area (Å²) >= 11 is 3.19. The maximum atomic E-state index is 13.4. The van der Waals surface area contributed by atoms with Crippen molar-refractivity contribution in [2.75, 3.05) is 19.6 Å². The van der Waals surface area contributed by atoms with Crippen LogP contribution in [0.2, 0.25) is 0 Å². The minimum atomic E-state index is -0.941. The molecule has 1 aromatic carbocycles. The van der Waals surface area contributed by atoms with E-state index < -0.39 is 24.4 Å². The van der Waals surface area contributed by atoms with Crippen molar-refractivity contribution in [2.45, 2.75) is 18.9 Å². The van der Waals surface area contributed by atoms with Gasteiger partial charge in [-0.2, -0.15) is 0 Å². The van der Waals surface area contributed by atoms with Gasteiger partial charge in [-0.25, -0.2) is 9.69 Å². The van der Waals surface area contributed by atoms with Gasteiger partial charge in [0.2, 0.25) is 5.91 Å². The quantitative estimate of drug-likeness (QED) is 0.401. The van der Waals surface area contributed by atoms with Crippen LogP contribution in [0.15, 0.2) is 59.3 Å². The van der Waals surface area contributed by atoms with Crippen LogP contribution >= 0.6 is 22.7 Å². The molecule has 7 nitrogen and oxygen atoms in total. The van der Waals surface area contributed by atoms with E-state index in [4.69, 9.17) is 0 Å². The maximum absolute atomic E-state index is 13.4. The molecular weight excluding hydrogens is 458 g/mol. The lowest BCUT2D eigenvalue weighted by molar-refractivity contribution is -0.145. The maximum Gasteiger partial charge on any atom is 0.334 e. The summed E-state index contributed by atoms with van der Waals surface area (Å²) in [6.45, 7) is 0.156. The van der Waals surface area contributed by atoms with Crippen LogP contribution in [0.3, 0.4) is 0 Å². The summed E-state index contributed by atoms with van der Waals surface area (Å²) in [5, 5.41) is 3.94. The van der Waals surface area contributed by atoms with E-state index in [-0.39, 0.29) is 18.5 Å². The molecule has 1 fully saturated rings. The average Bonchev–Trinajstić information content (AvgIpc) is 3.56. The summed E-state index contributed by atoms with van der Waals surface area (Å²) in [5.41, 5.74) is 2.04. The third-order valence-corrected chi connectivity index (χ3v) is 7.92. The number of hydrogen-bond donors (Lipinski definition) is 0. The highest BCUT2D eigenvalue weighted by Gasteiger charge is 2.46. The first-order valence-electron chi connectivity index (χ1n) is 10.6. The smallest absolute Gasteiger partial charge is 0.330 e. The Kier molecular flexibility index (Phi) is 5.82. The first-order chi connectivity index (χ1) is 16.0. The molecule has 0 saturated carbocycles. The van der Waals surface area contributed by atoms with Crippen LogP contribution in [0.4, 0.5) is 4.79 Å². The molecule has 2 aliphatic heterocycles. The molecule has 1 saturated heterocycles. The van der Waals surface area contributed by atoms with Crippen LogP contribution in [-0.4, -0.2) is 58.1 Å². The minimum Gasteiger partial charge on any atom is -0.330 e. The molecule has 0 radical (unpaired) electrons. The van der Waals surface area contributed by atoms with Crippen LogP contribution in [-0.2, 0) is 27.2 Å². The summed E-state index contributed by atoms with van der Waals surface area (Å²) in [6.07, 6.45) is 1.20. The van der Waals surface area contributed by atoms with Gasteiger partial charge in [0, 0.05) is 29.3 Å². The zero-order valence-electron chi connectivity index (χ0n) is 17.7. The molecular formula is C24H21N3O4S2. The number of amides is 5. The fourth-order valence-electron chi connectivity index (χ4n) is 4.37. The lowest BCUT2D eigenvalue weighted by Gasteiger charge is -2.37. The highest BCUT2D eigenvalue weighted by atomic mass is 32.1. The summed E-state index contributed by atoms with van der Waals surface area (Å²) in [4.78, 5) is 56.9. The molecule has 2 aromatic heterocycles. The Morgan fingerprint density at radius 3 is 2.45 bits per heavy atom. The van der Waals surface area contributed by atoms with Crippen LogP contribution in [0.5, 0.6) is 0 Å². The molecule has 33 heavy (non-hydrogen) atoms. The van der Waals surface area contributed by atoms with Crippen molar-refractivity contribution in [3.05, 3.63) is 80.2 Å². The summed E-state index contributed by atoms with van der Waals surface area (Å²) in [7, 11) is 0. The molecule has 9 heteroatoms. The first-order valence-corrected chi connectivity index (χ1v) is 12.4. The standard InChI is InChI=1S/C24H21N3O4S2/c28-20(15-27-23(30)22(29)26(24(27)31)11-8-17-7-4-13-32-17)25-12-9-19-18(10-14-33-19)21(25)16-5-2-1-3-6-16/h1-7,10,13-14,21H,8-9,11-12,15H2. The number of imide groups is 2. The van der Waals surface area contributed by atoms with E-state index in [1.807, 2.05) is 59.3 Å². The Balaban J connectivity index is 1.34. The second-order valence-electron chi connectivity index (χ2n) is 7.91. The van der Waals surface area contributed by atoms with Crippen molar-refractivity contribution in [1.29, 1.82) is 0 Å². The van der Waals surface area contributed by atoms with Crippen molar-refractivity contribution < 1.29 is 19.2 Å². The highest BCUT2D eigenvalue weighted by Crippen LogP contribution is 2.37. The number of carbonyl (C=O) groups is 4. The highest BCUT2D eigenvalue weighted by molar-refractivity contribution is 7.10. The topological polar surface area (TPSA) is 78.0 Å². The fraction of sp³-hybridized carbons (Fsp3) is 0.250. The zero-order chi connectivity index (χ0) is 22.9. The number of hydrogen-bond acceptors (Lipinski definition) is 6. The summed E-state index contributed by atoms with van der Waals surface area (Å²) in [6, 6.07) is 14.5. The molecule has 0 N–H and O–H groups in total. The minimum absolute atomic E-state index is 0.114. The van der Waals surface area contributed by atoms with Crippen LogP contribution in [0.1, 0.15) is 26.9 Å². The van der Waals surface area contributed by atoms with E-state index in [0.29, 0.717) is 13.0 Å². The Labute approximate surface area is 198 Å². The first kappa shape index (κ1) is 21.5. The van der Waals surface area contributed by atoms with Gasteiger partial charge in [0.05, 0.1) is 6.04 Å². The third kappa shape index (κ3) is 3.98. The molecule has 4 heterocycles. The number of fused-ring (bicyclic) bond motifs is 1. The number of nitrogens with zero attached hydrogens (tertiary/aromatic N) is 3. The largest absolute Gasteiger partial charge is 0.334 e. The normalized spacial score (nSPS) is 18.2. The van der Waals surface area contributed by atoms with E-state index in [1.165, 1.54) is 16.2 Å². The van der Waals surface area contributed by atoms with Gasteiger partial charge >= 0.3 is 17.8 Å². The lowest BCUT2D eigenvalue weighted by atomic mass is 9.93. The lowest BCUT2D eigenvalue weighted by Crippen LogP contribution is -2.47. The van der Waals surface area contributed by atoms with Crippen LogP contribution < -0.4 is 0 Å². The van der Waals surface area contributed by atoms with Gasteiger partial charge in [-0.3, -0.25) is 19.3 Å². The second-order valence-corrected chi connectivity index (χ2v) is 9.94. The van der Waals surface area contributed by atoms with Gasteiger partial charge in [0.15, 0.2) is 0 Å². The van der Waals surface area contributed by atoms with Gasteiger partial charge in [0.1, 0.15) is 6.54 Å². The number of benzene rings is 1. The van der Waals surface area contributed by atoms with E-state index >= 15 is 0 Å². The number of urea groups is 1. The van der Waals surface area contributed by atoms with Crippen molar-refractivity contribution in [1.82, 2.24) is 14.7 Å². The molecule has 2 aliphatic rings. The number of carbonyl (C=O) groups excluding carboxylic acids is 4. The number of thiophene rings is 2. The predicted molar refractivity (Wildman–Crippen MR) is 125 cm³/mol. The molecule has 0 bridgehead atoms. The Morgan fingerprint density at radius 2 is 1.70 bits per heavy atom. The van der Waals surface area contributed by atoms with E-state index in [2.05, 4.69) is 0 Å². The SMILES string of the molecule is O=C1C(=O)N(CC(=O)N2CCc3sccc3C2c2ccccc2)C(=O)N1CCc1cccs1. The van der Waals surface area contributed by atoms with Crippen molar-refractivity contribution in [3.63, 3.8) is 0 Å². The van der Waals surface area contributed by atoms with Gasteiger partial charge < -0.3 is 4.90 Å². The van der Waals surface area contributed by atoms with Gasteiger partial charge in [-0.15, -0.1) is 22.7 Å². The van der Waals surface area contributed by atoms with E-state index in [1.54, 1.807) is 16.2 Å². The second kappa shape index (κ2) is 8.92. The third-order valence-electron chi connectivity index (χ3n) is 5.99. The predicted octanol–water partition coefficient (Wildman–Crippen LogP) is 3.32. The monoisotopic (exact) mass is 479 g/mol. The van der Waals surface area contributed by atoms with Gasteiger partial charge in [-0.1, -0.05) is 36.4 Å². The van der Waals surface area contributed by atoms with Crippen LogP contribution in [0.25, 0.3) is 0 Å². The summed E-state index contributed by atoms with van der Waals surface area (Å²) < 4.78 is 0. The molecule has 1 atom stereocenters. The molecule has 168 valence electrons. The van der Waals surface area contributed by atoms with Crippen LogP contribution in [0, 0.1) is 0 Å². The number of rotatable bonds is 6. The van der Waals surface area contributed by atoms with Crippen molar-refractivity contribution >= 4 is 46.4 Å². The fourth-order valence-corrected chi connectivity index (χ4v) is 5.97. The Morgan fingerprint density at radius 1 is 0.909 bits per heavy atom. The molecule has 0 spiro atoms. The Hall–Kier alpha value is -3.30. The summed E-state index contributed by atoms with van der Waals surface area (Å²) in [5.74, 6) is -2.16. The van der Waals surface area contributed by atoms with E-state index in [0.717, 1.165) is 32.2 Å². The molecule has 5 rings (SSSR count). The average molecular weight is 480 g/mol. The zero-order valence-corrected chi connectivity index (χ0v) is 19.3. The van der Waals surface area contributed by atoms with Crippen molar-refractivity contribution in [3.8, 4) is 0 Å². The van der Waals surface area contributed by atoms with Crippen molar-refractivity contribution in [2.24, 2.45) is 0 Å². The Bertz CT molecular complexity index is 1210. The van der Waals surface area contributed by atoms with Gasteiger partial charge in [-0.05, 0) is 40.4 Å². The van der Waals surface area contributed by atoms with Gasteiger partial charge in [0.25, 0.3) is 0 Å². The molecule has 0 aliphatic carbocycles. The molecule has 5 amide bonds. The van der Waals surface area contributed by atoms with E-state index in [9.17, 15) is 19.2 Å².